The van der Waals surface area contributed by atoms with Crippen LogP contribution < -0.4 is 0 Å². The first kappa shape index (κ1) is 39.3. The van der Waals surface area contributed by atoms with Crippen LogP contribution in [0, 0.1) is 0 Å². The van der Waals surface area contributed by atoms with Crippen LogP contribution in [0.2, 0.25) is 0 Å². The molecule has 0 spiro atoms. The number of aromatic nitrogens is 3. The molecular weight excluding hydrogens is 823 g/mol. The lowest BCUT2D eigenvalue weighted by molar-refractivity contribution is 1.18. The summed E-state index contributed by atoms with van der Waals surface area (Å²) in [7, 11) is 0. The molecule has 0 unspecified atom stereocenters. The van der Waals surface area contributed by atoms with Gasteiger partial charge in [0.1, 0.15) is 0 Å². The Morgan fingerprint density at radius 3 is 1.24 bits per heavy atom. The summed E-state index contributed by atoms with van der Waals surface area (Å²) in [5.74, 6) is 0. The standard InChI is InChI=1S/C65H43N3/c1-4-15-44(16-5-1)45-27-29-46(30-28-45)47-31-35-54(36-32-47)67-63-26-13-11-24-57(63)59-40-51(34-38-64(59)67)52-33-37-58-56-23-10-12-25-62(56)68(65(58)43-52)55-22-14-21-50(39-55)53-41-60(48-17-6-2-7-18-48)66-61(42-53)49-19-8-3-9-20-49/h1-43H. The van der Waals surface area contributed by atoms with Crippen LogP contribution in [0.1, 0.15) is 0 Å². The van der Waals surface area contributed by atoms with Gasteiger partial charge in [0.15, 0.2) is 0 Å². The monoisotopic (exact) mass is 865 g/mol. The average Bonchev–Trinajstić information content (AvgIpc) is 3.94. The maximum absolute atomic E-state index is 5.16. The normalized spacial score (nSPS) is 11.5. The molecule has 0 bridgehead atoms. The number of nitrogens with zero attached hydrogens (tertiary/aromatic N) is 3. The van der Waals surface area contributed by atoms with Crippen molar-refractivity contribution in [1.82, 2.24) is 14.1 Å². The second-order valence-electron chi connectivity index (χ2n) is 17.6. The Morgan fingerprint density at radius 2 is 0.618 bits per heavy atom. The topological polar surface area (TPSA) is 22.8 Å². The van der Waals surface area contributed by atoms with E-state index in [1.807, 2.05) is 0 Å². The highest BCUT2D eigenvalue weighted by molar-refractivity contribution is 6.12. The van der Waals surface area contributed by atoms with E-state index in [0.29, 0.717) is 0 Å². The highest BCUT2D eigenvalue weighted by atomic mass is 15.0. The van der Waals surface area contributed by atoms with Crippen molar-refractivity contribution < 1.29 is 0 Å². The number of hydrogen-bond donors (Lipinski definition) is 0. The van der Waals surface area contributed by atoms with Gasteiger partial charge >= 0.3 is 0 Å². The van der Waals surface area contributed by atoms with Gasteiger partial charge in [-0.15, -0.1) is 0 Å². The molecule has 3 heteroatoms. The molecule has 68 heavy (non-hydrogen) atoms. The van der Waals surface area contributed by atoms with E-state index in [1.165, 1.54) is 77.0 Å². The third kappa shape index (κ3) is 6.88. The lowest BCUT2D eigenvalue weighted by Crippen LogP contribution is -1.95. The molecule has 10 aromatic carbocycles. The molecule has 3 aromatic heterocycles. The van der Waals surface area contributed by atoms with Gasteiger partial charge in [0.25, 0.3) is 0 Å². The zero-order chi connectivity index (χ0) is 45.0. The second-order valence-corrected chi connectivity index (χ2v) is 17.6. The number of pyridine rings is 1. The molecule has 0 aliphatic carbocycles. The van der Waals surface area contributed by atoms with Crippen LogP contribution in [0.3, 0.4) is 0 Å². The minimum atomic E-state index is 0.952. The van der Waals surface area contributed by atoms with Gasteiger partial charge in [-0.2, -0.15) is 0 Å². The molecule has 0 amide bonds. The fourth-order valence-electron chi connectivity index (χ4n) is 10.2. The smallest absolute Gasteiger partial charge is 0.0715 e. The van der Waals surface area contributed by atoms with Gasteiger partial charge in [-0.1, -0.05) is 194 Å². The Bertz CT molecular complexity index is 3920. The Labute approximate surface area is 395 Å². The Kier molecular flexibility index (Phi) is 9.50. The summed E-state index contributed by atoms with van der Waals surface area (Å²) >= 11 is 0. The first-order valence-electron chi connectivity index (χ1n) is 23.3. The summed E-state index contributed by atoms with van der Waals surface area (Å²) in [6.45, 7) is 0. The number of rotatable bonds is 8. The summed E-state index contributed by atoms with van der Waals surface area (Å²) in [6.07, 6.45) is 0. The number of benzene rings is 10. The minimum absolute atomic E-state index is 0.952. The van der Waals surface area contributed by atoms with E-state index < -0.39 is 0 Å². The van der Waals surface area contributed by atoms with E-state index in [1.54, 1.807) is 0 Å². The van der Waals surface area contributed by atoms with Gasteiger partial charge < -0.3 is 9.13 Å². The second kappa shape index (κ2) is 16.4. The van der Waals surface area contributed by atoms with Gasteiger partial charge in [-0.3, -0.25) is 0 Å². The average molecular weight is 866 g/mol. The molecule has 3 nitrogen and oxygen atoms in total. The molecule has 0 saturated carbocycles. The van der Waals surface area contributed by atoms with Gasteiger partial charge in [-0.05, 0) is 111 Å². The van der Waals surface area contributed by atoms with Crippen molar-refractivity contribution >= 4 is 43.6 Å². The van der Waals surface area contributed by atoms with E-state index in [2.05, 4.69) is 270 Å². The fourth-order valence-corrected chi connectivity index (χ4v) is 10.2. The van der Waals surface area contributed by atoms with Crippen molar-refractivity contribution in [2.75, 3.05) is 0 Å². The summed E-state index contributed by atoms with van der Waals surface area (Å²) in [5.41, 5.74) is 20.5. The lowest BCUT2D eigenvalue weighted by atomic mass is 9.99. The van der Waals surface area contributed by atoms with Gasteiger partial charge in [0.05, 0.1) is 33.5 Å². The van der Waals surface area contributed by atoms with Crippen molar-refractivity contribution in [3.63, 3.8) is 0 Å². The maximum atomic E-state index is 5.16. The van der Waals surface area contributed by atoms with Crippen LogP contribution in [0.15, 0.2) is 261 Å². The molecule has 0 N–H and O–H groups in total. The zero-order valence-corrected chi connectivity index (χ0v) is 37.2. The number of hydrogen-bond acceptors (Lipinski definition) is 1. The molecule has 0 atom stereocenters. The lowest BCUT2D eigenvalue weighted by Gasteiger charge is -2.13. The molecule has 0 radical (unpaired) electrons. The molecule has 0 aliphatic rings. The van der Waals surface area contributed by atoms with Crippen LogP contribution in [-0.2, 0) is 0 Å². The van der Waals surface area contributed by atoms with E-state index in [9.17, 15) is 0 Å². The third-order valence-corrected chi connectivity index (χ3v) is 13.5. The van der Waals surface area contributed by atoms with Crippen LogP contribution in [0.5, 0.6) is 0 Å². The van der Waals surface area contributed by atoms with Crippen LogP contribution in [0.25, 0.3) is 122 Å². The predicted molar refractivity (Wildman–Crippen MR) is 286 cm³/mol. The molecule has 13 aromatic rings. The molecule has 13 rings (SSSR count). The Hall–Kier alpha value is -9.05. The summed E-state index contributed by atoms with van der Waals surface area (Å²) in [5, 5.41) is 4.92. The molecule has 318 valence electrons. The summed E-state index contributed by atoms with van der Waals surface area (Å²) in [6, 6.07) is 94.2. The number of para-hydroxylation sites is 2. The first-order chi connectivity index (χ1) is 33.7. The predicted octanol–water partition coefficient (Wildman–Crippen LogP) is 17.3. The van der Waals surface area contributed by atoms with Crippen LogP contribution >= 0.6 is 0 Å². The minimum Gasteiger partial charge on any atom is -0.309 e. The van der Waals surface area contributed by atoms with Crippen molar-refractivity contribution in [2.24, 2.45) is 0 Å². The molecule has 3 heterocycles. The zero-order valence-electron chi connectivity index (χ0n) is 37.2. The summed E-state index contributed by atoms with van der Waals surface area (Å²) < 4.78 is 4.83. The van der Waals surface area contributed by atoms with Gasteiger partial charge in [0, 0.05) is 44.0 Å². The van der Waals surface area contributed by atoms with Gasteiger partial charge in [-0.25, -0.2) is 4.98 Å². The quantitative estimate of drug-likeness (QED) is 0.149. The third-order valence-electron chi connectivity index (χ3n) is 13.5. The molecule has 0 saturated heterocycles. The largest absolute Gasteiger partial charge is 0.309 e. The summed E-state index contributed by atoms with van der Waals surface area (Å²) in [4.78, 5) is 5.16. The molecule has 0 aliphatic heterocycles. The van der Waals surface area contributed by atoms with E-state index >= 15 is 0 Å². The van der Waals surface area contributed by atoms with Crippen LogP contribution in [-0.4, -0.2) is 14.1 Å². The SMILES string of the molecule is c1ccc(-c2ccc(-c3ccc(-n4c5ccccc5c5cc(-c6ccc7c8ccccc8n(-c8cccc(-c9cc(-c%10ccccc%10)nc(-c%10ccccc%10)c9)c8)c7c6)ccc54)cc3)cc2)cc1. The Balaban J connectivity index is 0.892. The highest BCUT2D eigenvalue weighted by Gasteiger charge is 2.18. The van der Waals surface area contributed by atoms with Crippen molar-refractivity contribution in [1.29, 1.82) is 0 Å². The highest BCUT2D eigenvalue weighted by Crippen LogP contribution is 2.40. The Morgan fingerprint density at radius 1 is 0.206 bits per heavy atom. The number of fused-ring (bicyclic) bond motifs is 6. The van der Waals surface area contributed by atoms with Crippen molar-refractivity contribution in [2.45, 2.75) is 0 Å². The molecule has 0 fully saturated rings. The van der Waals surface area contributed by atoms with E-state index in [0.717, 1.165) is 45.0 Å². The van der Waals surface area contributed by atoms with E-state index in [4.69, 9.17) is 4.98 Å². The maximum Gasteiger partial charge on any atom is 0.0715 e. The first-order valence-corrected chi connectivity index (χ1v) is 23.3. The molecular formula is C65H43N3. The van der Waals surface area contributed by atoms with E-state index in [-0.39, 0.29) is 0 Å². The fraction of sp³-hybridized carbons (Fsp3) is 0. The van der Waals surface area contributed by atoms with Crippen molar-refractivity contribution in [3.05, 3.63) is 261 Å². The van der Waals surface area contributed by atoms with Gasteiger partial charge in [0.2, 0.25) is 0 Å². The van der Waals surface area contributed by atoms with Crippen LogP contribution in [0.4, 0.5) is 0 Å². The van der Waals surface area contributed by atoms with Crippen molar-refractivity contribution in [3.8, 4) is 78.4 Å².